The summed E-state index contributed by atoms with van der Waals surface area (Å²) in [5.41, 5.74) is -0.787. The van der Waals surface area contributed by atoms with E-state index in [0.717, 1.165) is 0 Å². The molecule has 94 valence electrons. The summed E-state index contributed by atoms with van der Waals surface area (Å²) < 4.78 is 18.8. The van der Waals surface area contributed by atoms with Gasteiger partial charge in [-0.1, -0.05) is 25.1 Å². The molecule has 1 unspecified atom stereocenters. The highest BCUT2D eigenvalue weighted by atomic mass is 19.1. The van der Waals surface area contributed by atoms with Crippen LogP contribution in [0.2, 0.25) is 0 Å². The van der Waals surface area contributed by atoms with Gasteiger partial charge in [0.2, 0.25) is 0 Å². The molecule has 0 saturated heterocycles. The predicted octanol–water partition coefficient (Wildman–Crippen LogP) is 2.21. The number of ether oxygens (including phenoxy) is 1. The summed E-state index contributed by atoms with van der Waals surface area (Å²) in [5, 5.41) is 2.89. The maximum absolute atomic E-state index is 13.8. The molecule has 1 aromatic carbocycles. The highest BCUT2D eigenvalue weighted by molar-refractivity contribution is 5.82. The molecule has 0 bridgehead atoms. The van der Waals surface area contributed by atoms with E-state index in [-0.39, 0.29) is 6.61 Å². The molecule has 1 rings (SSSR count). The third-order valence-corrected chi connectivity index (χ3v) is 2.91. The lowest BCUT2D eigenvalue weighted by molar-refractivity contribution is -0.151. The van der Waals surface area contributed by atoms with Crippen molar-refractivity contribution in [3.8, 4) is 0 Å². The Labute approximate surface area is 101 Å². The molecule has 1 N–H and O–H groups in total. The molecular weight excluding hydrogens is 221 g/mol. The van der Waals surface area contributed by atoms with Crippen molar-refractivity contribution in [2.24, 2.45) is 0 Å². The number of benzene rings is 1. The smallest absolute Gasteiger partial charge is 0.331 e. The van der Waals surface area contributed by atoms with Crippen molar-refractivity contribution in [2.75, 3.05) is 13.7 Å². The molecule has 0 aliphatic heterocycles. The van der Waals surface area contributed by atoms with Crippen LogP contribution in [0.1, 0.15) is 25.8 Å². The number of hydrogen-bond acceptors (Lipinski definition) is 3. The molecule has 0 spiro atoms. The van der Waals surface area contributed by atoms with E-state index in [0.29, 0.717) is 12.0 Å². The molecule has 0 aliphatic rings. The Morgan fingerprint density at radius 3 is 2.53 bits per heavy atom. The third-order valence-electron chi connectivity index (χ3n) is 2.91. The van der Waals surface area contributed by atoms with Crippen LogP contribution in [0.25, 0.3) is 0 Å². The largest absolute Gasteiger partial charge is 0.464 e. The van der Waals surface area contributed by atoms with Gasteiger partial charge in [-0.3, -0.25) is 0 Å². The highest BCUT2D eigenvalue weighted by Gasteiger charge is 2.40. The minimum atomic E-state index is -1.11. The summed E-state index contributed by atoms with van der Waals surface area (Å²) in [6.45, 7) is 3.83. The maximum Gasteiger partial charge on any atom is 0.331 e. The topological polar surface area (TPSA) is 38.3 Å². The van der Waals surface area contributed by atoms with Crippen LogP contribution in [0.3, 0.4) is 0 Å². The molecule has 0 aliphatic carbocycles. The number of likely N-dealkylation sites (N-methyl/N-ethyl adjacent to an activating group) is 1. The average Bonchev–Trinajstić information content (AvgIpc) is 2.34. The van der Waals surface area contributed by atoms with E-state index in [9.17, 15) is 9.18 Å². The second kappa shape index (κ2) is 5.77. The van der Waals surface area contributed by atoms with Gasteiger partial charge in [0.25, 0.3) is 0 Å². The average molecular weight is 239 g/mol. The first kappa shape index (κ1) is 13.6. The van der Waals surface area contributed by atoms with Crippen molar-refractivity contribution in [1.29, 1.82) is 0 Å². The van der Waals surface area contributed by atoms with Gasteiger partial charge in [-0.25, -0.2) is 9.18 Å². The van der Waals surface area contributed by atoms with Gasteiger partial charge in [0, 0.05) is 5.56 Å². The fourth-order valence-corrected chi connectivity index (χ4v) is 1.92. The number of hydrogen-bond donors (Lipinski definition) is 1. The number of nitrogens with one attached hydrogen (secondary N) is 1. The Bertz CT molecular complexity index is 389. The van der Waals surface area contributed by atoms with Crippen LogP contribution in [0.4, 0.5) is 4.39 Å². The van der Waals surface area contributed by atoms with Crippen LogP contribution in [0.5, 0.6) is 0 Å². The molecule has 0 saturated carbocycles. The molecule has 3 nitrogen and oxygen atoms in total. The Morgan fingerprint density at radius 2 is 2.06 bits per heavy atom. The predicted molar refractivity (Wildman–Crippen MR) is 64.1 cm³/mol. The second-order valence-corrected chi connectivity index (χ2v) is 3.71. The third kappa shape index (κ3) is 2.47. The summed E-state index contributed by atoms with van der Waals surface area (Å²) in [6, 6.07) is 6.25. The first-order valence-corrected chi connectivity index (χ1v) is 5.73. The number of carbonyl (C=O) groups excluding carboxylic acids is 1. The van der Waals surface area contributed by atoms with Crippen molar-refractivity contribution in [2.45, 2.75) is 25.8 Å². The number of carbonyl (C=O) groups is 1. The lowest BCUT2D eigenvalue weighted by Crippen LogP contribution is -2.48. The molecule has 0 amide bonds. The standard InChI is InChI=1S/C13H18FNO2/c1-4-13(15-3,12(16)17-5-2)10-8-6-7-9-11(10)14/h6-9,15H,4-5H2,1-3H3. The van der Waals surface area contributed by atoms with Crippen molar-refractivity contribution < 1.29 is 13.9 Å². The van der Waals surface area contributed by atoms with Gasteiger partial charge in [0.05, 0.1) is 6.61 Å². The lowest BCUT2D eigenvalue weighted by Gasteiger charge is -2.30. The van der Waals surface area contributed by atoms with Crippen LogP contribution in [0.15, 0.2) is 24.3 Å². The van der Waals surface area contributed by atoms with Crippen LogP contribution in [-0.2, 0) is 15.1 Å². The van der Waals surface area contributed by atoms with Crippen LogP contribution >= 0.6 is 0 Å². The van der Waals surface area contributed by atoms with E-state index in [1.54, 1.807) is 32.2 Å². The van der Waals surface area contributed by atoms with Crippen molar-refractivity contribution >= 4 is 5.97 Å². The zero-order valence-electron chi connectivity index (χ0n) is 10.4. The molecule has 0 aromatic heterocycles. The molecule has 17 heavy (non-hydrogen) atoms. The SMILES string of the molecule is CCOC(=O)C(CC)(NC)c1ccccc1F. The minimum Gasteiger partial charge on any atom is -0.464 e. The Kier molecular flexibility index (Phi) is 4.63. The minimum absolute atomic E-state index is 0.275. The second-order valence-electron chi connectivity index (χ2n) is 3.71. The monoisotopic (exact) mass is 239 g/mol. The fourth-order valence-electron chi connectivity index (χ4n) is 1.92. The van der Waals surface area contributed by atoms with Crippen molar-refractivity contribution in [3.63, 3.8) is 0 Å². The van der Waals surface area contributed by atoms with E-state index in [1.807, 2.05) is 6.92 Å². The number of rotatable bonds is 5. The molecule has 4 heteroatoms. The van der Waals surface area contributed by atoms with Crippen LogP contribution < -0.4 is 5.32 Å². The molecule has 1 atom stereocenters. The highest BCUT2D eigenvalue weighted by Crippen LogP contribution is 2.28. The van der Waals surface area contributed by atoms with Crippen molar-refractivity contribution in [1.82, 2.24) is 5.32 Å². The summed E-state index contributed by atoms with van der Waals surface area (Å²) in [7, 11) is 1.63. The fraction of sp³-hybridized carbons (Fsp3) is 0.462. The van der Waals surface area contributed by atoms with E-state index < -0.39 is 17.3 Å². The van der Waals surface area contributed by atoms with Gasteiger partial charge in [-0.15, -0.1) is 0 Å². The first-order valence-electron chi connectivity index (χ1n) is 5.73. The number of halogens is 1. The zero-order valence-corrected chi connectivity index (χ0v) is 10.4. The van der Waals surface area contributed by atoms with E-state index in [4.69, 9.17) is 4.74 Å². The van der Waals surface area contributed by atoms with Crippen LogP contribution in [0, 0.1) is 5.82 Å². The normalized spacial score (nSPS) is 14.1. The van der Waals surface area contributed by atoms with Gasteiger partial charge >= 0.3 is 5.97 Å². The van der Waals surface area contributed by atoms with E-state index in [2.05, 4.69) is 5.32 Å². The molecule has 0 radical (unpaired) electrons. The summed E-state index contributed by atoms with van der Waals surface area (Å²) in [6.07, 6.45) is 0.420. The molecule has 1 aromatic rings. The Morgan fingerprint density at radius 1 is 1.41 bits per heavy atom. The van der Waals surface area contributed by atoms with Gasteiger partial charge < -0.3 is 10.1 Å². The lowest BCUT2D eigenvalue weighted by atomic mass is 9.87. The molecule has 0 heterocycles. The summed E-state index contributed by atoms with van der Waals surface area (Å²) >= 11 is 0. The summed E-state index contributed by atoms with van der Waals surface area (Å²) in [5.74, 6) is -0.855. The van der Waals surface area contributed by atoms with Crippen LogP contribution in [-0.4, -0.2) is 19.6 Å². The Hall–Kier alpha value is -1.42. The molecule has 0 fully saturated rings. The van der Waals surface area contributed by atoms with E-state index in [1.165, 1.54) is 6.07 Å². The van der Waals surface area contributed by atoms with Gasteiger partial charge in [-0.2, -0.15) is 0 Å². The summed E-state index contributed by atoms with van der Waals surface area (Å²) in [4.78, 5) is 12.0. The first-order chi connectivity index (χ1) is 8.12. The maximum atomic E-state index is 13.8. The van der Waals surface area contributed by atoms with Gasteiger partial charge in [-0.05, 0) is 26.5 Å². The van der Waals surface area contributed by atoms with Gasteiger partial charge in [0.1, 0.15) is 11.4 Å². The van der Waals surface area contributed by atoms with Gasteiger partial charge in [0.15, 0.2) is 0 Å². The number of esters is 1. The van der Waals surface area contributed by atoms with E-state index >= 15 is 0 Å². The Balaban J connectivity index is 3.25. The zero-order chi connectivity index (χ0) is 12.9. The van der Waals surface area contributed by atoms with Crippen molar-refractivity contribution in [3.05, 3.63) is 35.6 Å². The quantitative estimate of drug-likeness (QED) is 0.801. The molecular formula is C13H18FNO2.